The lowest BCUT2D eigenvalue weighted by Gasteiger charge is -2.15. The molecular formula is C20H29N5. The molecule has 0 spiro atoms. The molecule has 134 valence electrons. The predicted molar refractivity (Wildman–Crippen MR) is 104 cm³/mol. The topological polar surface area (TPSA) is 67.1 Å². The third kappa shape index (κ3) is 5.16. The number of hydrogen-bond acceptors (Lipinski definition) is 5. The van der Waals surface area contributed by atoms with Gasteiger partial charge >= 0.3 is 0 Å². The summed E-state index contributed by atoms with van der Waals surface area (Å²) in [6.07, 6.45) is 9.13. The van der Waals surface area contributed by atoms with Crippen molar-refractivity contribution in [1.82, 2.24) is 14.9 Å². The Labute approximate surface area is 150 Å². The summed E-state index contributed by atoms with van der Waals surface area (Å²) in [4.78, 5) is 11.0. The maximum Gasteiger partial charge on any atom is 0.229 e. The number of nitrogens with one attached hydrogen (secondary N) is 1. The molecule has 0 amide bonds. The zero-order chi connectivity index (χ0) is 17.5. The molecule has 1 fully saturated rings. The fraction of sp³-hybridized carbons (Fsp3) is 0.500. The molecule has 0 bridgehead atoms. The van der Waals surface area contributed by atoms with Gasteiger partial charge in [0, 0.05) is 11.9 Å². The van der Waals surface area contributed by atoms with Crippen molar-refractivity contribution in [3.63, 3.8) is 0 Å². The summed E-state index contributed by atoms with van der Waals surface area (Å²) < 4.78 is 0. The number of aryl methyl sites for hydroxylation is 2. The van der Waals surface area contributed by atoms with Crippen molar-refractivity contribution in [1.29, 1.82) is 0 Å². The molecule has 0 saturated carbocycles. The molecule has 1 saturated heterocycles. The third-order valence-electron chi connectivity index (χ3n) is 4.89. The fourth-order valence-electron chi connectivity index (χ4n) is 3.50. The monoisotopic (exact) mass is 339 g/mol. The van der Waals surface area contributed by atoms with E-state index in [2.05, 4.69) is 45.3 Å². The van der Waals surface area contributed by atoms with Crippen LogP contribution in [0.2, 0.25) is 0 Å². The highest BCUT2D eigenvalue weighted by atomic mass is 15.1. The van der Waals surface area contributed by atoms with Crippen LogP contribution in [0.15, 0.2) is 30.5 Å². The Morgan fingerprint density at radius 2 is 1.96 bits per heavy atom. The van der Waals surface area contributed by atoms with Crippen LogP contribution < -0.4 is 11.1 Å². The average Bonchev–Trinajstić information content (AvgIpc) is 3.12. The second kappa shape index (κ2) is 8.81. The van der Waals surface area contributed by atoms with Crippen LogP contribution in [0, 0.1) is 0 Å². The Kier molecular flexibility index (Phi) is 6.23. The number of nitrogens with two attached hydrogens (primary N) is 1. The molecule has 2 aromatic rings. The van der Waals surface area contributed by atoms with Crippen molar-refractivity contribution < 1.29 is 0 Å². The SMILES string of the molecule is CCc1ccc(Nc2nccc(N)n2)cc1CCCCN1CCCC1. The number of nitrogen functional groups attached to an aromatic ring is 1. The van der Waals surface area contributed by atoms with Crippen LogP contribution in [0.4, 0.5) is 17.5 Å². The van der Waals surface area contributed by atoms with Gasteiger partial charge in [-0.15, -0.1) is 0 Å². The molecule has 5 nitrogen and oxygen atoms in total. The molecule has 1 aliphatic heterocycles. The Bertz CT molecular complexity index is 680. The molecular weight excluding hydrogens is 310 g/mol. The number of anilines is 3. The summed E-state index contributed by atoms with van der Waals surface area (Å²) in [5.74, 6) is 1.02. The number of benzene rings is 1. The predicted octanol–water partition coefficient (Wildman–Crippen LogP) is 3.78. The van der Waals surface area contributed by atoms with Gasteiger partial charge in [0.25, 0.3) is 0 Å². The summed E-state index contributed by atoms with van der Waals surface area (Å²) in [6.45, 7) is 6.05. The van der Waals surface area contributed by atoms with Gasteiger partial charge < -0.3 is 16.0 Å². The lowest BCUT2D eigenvalue weighted by molar-refractivity contribution is 0.330. The standard InChI is InChI=1S/C20H29N5/c1-2-16-8-9-18(23-20-22-11-10-19(21)24-20)15-17(16)7-3-4-12-25-13-5-6-14-25/h8-11,15H,2-7,12-14H2,1H3,(H3,21,22,23,24). The maximum absolute atomic E-state index is 5.73. The van der Waals surface area contributed by atoms with E-state index >= 15 is 0 Å². The van der Waals surface area contributed by atoms with Crippen LogP contribution in [-0.4, -0.2) is 34.5 Å². The first-order chi connectivity index (χ1) is 12.2. The minimum Gasteiger partial charge on any atom is -0.384 e. The first-order valence-corrected chi connectivity index (χ1v) is 9.44. The second-order valence-electron chi connectivity index (χ2n) is 6.77. The van der Waals surface area contributed by atoms with Crippen molar-refractivity contribution in [3.8, 4) is 0 Å². The van der Waals surface area contributed by atoms with Gasteiger partial charge in [0.05, 0.1) is 0 Å². The summed E-state index contributed by atoms with van der Waals surface area (Å²) >= 11 is 0. The smallest absolute Gasteiger partial charge is 0.229 e. The Balaban J connectivity index is 1.59. The second-order valence-corrected chi connectivity index (χ2v) is 6.77. The summed E-state index contributed by atoms with van der Waals surface area (Å²) in [5.41, 5.74) is 9.61. The van der Waals surface area contributed by atoms with Crippen LogP contribution >= 0.6 is 0 Å². The van der Waals surface area contributed by atoms with E-state index in [9.17, 15) is 0 Å². The lowest BCUT2D eigenvalue weighted by atomic mass is 9.99. The van der Waals surface area contributed by atoms with E-state index in [4.69, 9.17) is 5.73 Å². The molecule has 3 rings (SSSR count). The molecule has 1 aromatic carbocycles. The first-order valence-electron chi connectivity index (χ1n) is 9.44. The molecule has 5 heteroatoms. The van der Waals surface area contributed by atoms with Crippen molar-refractivity contribution in [2.75, 3.05) is 30.7 Å². The third-order valence-corrected chi connectivity index (χ3v) is 4.89. The van der Waals surface area contributed by atoms with Crippen molar-refractivity contribution in [3.05, 3.63) is 41.6 Å². The Morgan fingerprint density at radius 3 is 2.72 bits per heavy atom. The largest absolute Gasteiger partial charge is 0.384 e. The van der Waals surface area contributed by atoms with Crippen LogP contribution in [-0.2, 0) is 12.8 Å². The van der Waals surface area contributed by atoms with E-state index in [0.717, 1.165) is 18.5 Å². The van der Waals surface area contributed by atoms with Gasteiger partial charge in [-0.25, -0.2) is 4.98 Å². The quantitative estimate of drug-likeness (QED) is 0.716. The highest BCUT2D eigenvalue weighted by Crippen LogP contribution is 2.21. The normalized spacial score (nSPS) is 14.8. The minimum atomic E-state index is 0.477. The van der Waals surface area contributed by atoms with E-state index in [0.29, 0.717) is 11.8 Å². The van der Waals surface area contributed by atoms with E-state index in [1.54, 1.807) is 12.3 Å². The summed E-state index contributed by atoms with van der Waals surface area (Å²) in [6, 6.07) is 8.24. The Morgan fingerprint density at radius 1 is 1.12 bits per heavy atom. The molecule has 0 unspecified atom stereocenters. The molecule has 1 aromatic heterocycles. The number of nitrogens with zero attached hydrogens (tertiary/aromatic N) is 3. The van der Waals surface area contributed by atoms with Gasteiger partial charge in [0.1, 0.15) is 5.82 Å². The fourth-order valence-corrected chi connectivity index (χ4v) is 3.50. The summed E-state index contributed by atoms with van der Waals surface area (Å²) in [7, 11) is 0. The highest BCUT2D eigenvalue weighted by Gasteiger charge is 2.10. The average molecular weight is 339 g/mol. The van der Waals surface area contributed by atoms with Gasteiger partial charge in [-0.3, -0.25) is 0 Å². The highest BCUT2D eigenvalue weighted by molar-refractivity contribution is 5.56. The van der Waals surface area contributed by atoms with E-state index < -0.39 is 0 Å². The van der Waals surface area contributed by atoms with E-state index in [1.165, 1.54) is 56.4 Å². The molecule has 3 N–H and O–H groups in total. The van der Waals surface area contributed by atoms with Crippen LogP contribution in [0.3, 0.4) is 0 Å². The maximum atomic E-state index is 5.73. The molecule has 0 aliphatic carbocycles. The number of hydrogen-bond donors (Lipinski definition) is 2. The van der Waals surface area contributed by atoms with Crippen LogP contribution in [0.1, 0.15) is 43.7 Å². The minimum absolute atomic E-state index is 0.477. The molecule has 2 heterocycles. The molecule has 0 radical (unpaired) electrons. The van der Waals surface area contributed by atoms with Crippen LogP contribution in [0.5, 0.6) is 0 Å². The van der Waals surface area contributed by atoms with Gasteiger partial charge in [-0.1, -0.05) is 13.0 Å². The molecule has 1 aliphatic rings. The molecule has 0 atom stereocenters. The van der Waals surface area contributed by atoms with Crippen molar-refractivity contribution >= 4 is 17.5 Å². The van der Waals surface area contributed by atoms with Crippen molar-refractivity contribution in [2.45, 2.75) is 45.4 Å². The van der Waals surface area contributed by atoms with E-state index in [-0.39, 0.29) is 0 Å². The van der Waals surface area contributed by atoms with Gasteiger partial charge in [0.2, 0.25) is 5.95 Å². The zero-order valence-electron chi connectivity index (χ0n) is 15.2. The molecule has 25 heavy (non-hydrogen) atoms. The number of aromatic nitrogens is 2. The summed E-state index contributed by atoms with van der Waals surface area (Å²) in [5, 5.41) is 3.26. The number of unbranched alkanes of at least 4 members (excludes halogenated alkanes) is 1. The van der Waals surface area contributed by atoms with E-state index in [1.807, 2.05) is 0 Å². The van der Waals surface area contributed by atoms with Crippen LogP contribution in [0.25, 0.3) is 0 Å². The lowest BCUT2D eigenvalue weighted by Crippen LogP contribution is -2.20. The first kappa shape index (κ1) is 17.7. The van der Waals surface area contributed by atoms with Gasteiger partial charge in [-0.2, -0.15) is 4.98 Å². The van der Waals surface area contributed by atoms with Gasteiger partial charge in [-0.05, 0) is 87.5 Å². The Hall–Kier alpha value is -2.14. The van der Waals surface area contributed by atoms with Crippen molar-refractivity contribution in [2.24, 2.45) is 0 Å². The number of likely N-dealkylation sites (tertiary alicyclic amines) is 1. The number of rotatable bonds is 8. The zero-order valence-corrected chi connectivity index (χ0v) is 15.2. The van der Waals surface area contributed by atoms with Gasteiger partial charge in [0.15, 0.2) is 0 Å².